The number of carbonyl (C=O) groups is 2. The zero-order valence-corrected chi connectivity index (χ0v) is 30.9. The van der Waals surface area contributed by atoms with Crippen LogP contribution in [0.15, 0.2) is 67.0 Å². The van der Waals surface area contributed by atoms with E-state index in [0.29, 0.717) is 12.6 Å². The Labute approximate surface area is 309 Å². The van der Waals surface area contributed by atoms with Crippen molar-refractivity contribution in [1.82, 2.24) is 40.5 Å². The van der Waals surface area contributed by atoms with Crippen LogP contribution < -0.4 is 10.6 Å². The number of methoxy groups -OCH3 is 1. The number of aromatic amines is 2. The Balaban J connectivity index is 1.07. The van der Waals surface area contributed by atoms with Crippen LogP contribution in [0.5, 0.6) is 0 Å². The monoisotopic (exact) mass is 710 g/mol. The first-order valence-corrected chi connectivity index (χ1v) is 18.6. The van der Waals surface area contributed by atoms with Gasteiger partial charge in [-0.25, -0.2) is 14.8 Å². The van der Waals surface area contributed by atoms with Gasteiger partial charge in [-0.15, -0.1) is 0 Å². The molecule has 0 saturated carbocycles. The molecule has 0 spiro atoms. The van der Waals surface area contributed by atoms with Gasteiger partial charge < -0.3 is 30.2 Å². The normalized spacial score (nSPS) is 18.0. The third-order valence-corrected chi connectivity index (χ3v) is 11.0. The highest BCUT2D eigenvalue weighted by Gasteiger charge is 2.37. The van der Waals surface area contributed by atoms with E-state index < -0.39 is 12.1 Å². The molecule has 4 N–H and O–H groups in total. The molecular formula is C42H46N8O3. The van der Waals surface area contributed by atoms with Gasteiger partial charge in [0.05, 0.1) is 47.8 Å². The fourth-order valence-electron chi connectivity index (χ4n) is 8.13. The van der Waals surface area contributed by atoms with Crippen LogP contribution in [-0.2, 0) is 9.53 Å². The van der Waals surface area contributed by atoms with E-state index in [1.54, 1.807) is 6.20 Å². The Bertz CT molecular complexity index is 2320. The molecule has 3 aromatic heterocycles. The second kappa shape index (κ2) is 14.1. The van der Waals surface area contributed by atoms with E-state index in [1.807, 2.05) is 24.9 Å². The van der Waals surface area contributed by atoms with Crippen molar-refractivity contribution < 1.29 is 14.3 Å². The van der Waals surface area contributed by atoms with Gasteiger partial charge in [-0.1, -0.05) is 44.2 Å². The third kappa shape index (κ3) is 6.43. The van der Waals surface area contributed by atoms with Gasteiger partial charge in [0.1, 0.15) is 17.7 Å². The number of hydrogen-bond donors (Lipinski definition) is 4. The number of fused-ring (bicyclic) bond motifs is 2. The summed E-state index contributed by atoms with van der Waals surface area (Å²) in [5, 5.41) is 8.68. The number of nitrogens with zero attached hydrogens (tertiary/aromatic N) is 4. The molecule has 0 bridgehead atoms. The number of ether oxygens (including phenoxy) is 1. The standard InChI is InChI=1S/C42H46N8O3/c1-23(2)38(49-42(52)53-5)41(51)50-19-7-9-35(50)40-45-22-34(48-40)27-13-16-30(44-21-27)29-15-14-28(36-24(3)10-11-25(4)37(29)36)26-12-17-31-33(20-26)47-39(46-31)32-8-6-18-43-32/h10-17,20-23,32,35,38,43H,6-9,18-19H2,1-5H3,(H,45,48)(H,46,47)(H,49,52)/t32-,35-,38-/m0/s1. The van der Waals surface area contributed by atoms with Gasteiger partial charge in [-0.05, 0) is 109 Å². The van der Waals surface area contributed by atoms with Crippen LogP contribution in [0.1, 0.15) is 74.4 Å². The summed E-state index contributed by atoms with van der Waals surface area (Å²) in [6.45, 7) is 9.81. The Hall–Kier alpha value is -5.55. The van der Waals surface area contributed by atoms with Crippen LogP contribution in [0.25, 0.3) is 55.4 Å². The van der Waals surface area contributed by atoms with Crippen molar-refractivity contribution in [2.45, 2.75) is 71.5 Å². The number of alkyl carbamates (subject to hydrolysis) is 1. The lowest BCUT2D eigenvalue weighted by Crippen LogP contribution is -2.51. The maximum atomic E-state index is 13.6. The van der Waals surface area contributed by atoms with E-state index in [2.05, 4.69) is 89.0 Å². The number of pyridine rings is 1. The molecule has 8 rings (SSSR count). The third-order valence-electron chi connectivity index (χ3n) is 11.0. The second-order valence-electron chi connectivity index (χ2n) is 14.8. The molecule has 0 radical (unpaired) electrons. The van der Waals surface area contributed by atoms with Crippen LogP contribution >= 0.6 is 0 Å². The minimum atomic E-state index is -0.681. The molecule has 3 atom stereocenters. The minimum Gasteiger partial charge on any atom is -0.453 e. The molecule has 2 amide bonds. The number of rotatable bonds is 8. The number of nitrogens with one attached hydrogen (secondary N) is 4. The van der Waals surface area contributed by atoms with Gasteiger partial charge in [0, 0.05) is 23.9 Å². The van der Waals surface area contributed by atoms with Crippen molar-refractivity contribution in [3.05, 3.63) is 89.8 Å². The van der Waals surface area contributed by atoms with Crippen LogP contribution in [0.4, 0.5) is 4.79 Å². The van der Waals surface area contributed by atoms with Gasteiger partial charge in [0.15, 0.2) is 0 Å². The first-order chi connectivity index (χ1) is 25.7. The van der Waals surface area contributed by atoms with Crippen LogP contribution in [0.2, 0.25) is 0 Å². The highest BCUT2D eigenvalue weighted by Crippen LogP contribution is 2.40. The molecule has 6 aromatic rings. The van der Waals surface area contributed by atoms with Crippen molar-refractivity contribution in [2.75, 3.05) is 20.2 Å². The molecule has 11 heteroatoms. The number of carbonyl (C=O) groups excluding carboxylic acids is 2. The van der Waals surface area contributed by atoms with E-state index >= 15 is 0 Å². The van der Waals surface area contributed by atoms with Gasteiger partial charge in [-0.2, -0.15) is 0 Å². The smallest absolute Gasteiger partial charge is 0.407 e. The average molecular weight is 711 g/mol. The number of hydrogen-bond acceptors (Lipinski definition) is 7. The van der Waals surface area contributed by atoms with Crippen LogP contribution in [-0.4, -0.2) is 68.1 Å². The van der Waals surface area contributed by atoms with Crippen molar-refractivity contribution in [2.24, 2.45) is 5.92 Å². The van der Waals surface area contributed by atoms with Crippen molar-refractivity contribution >= 4 is 33.8 Å². The highest BCUT2D eigenvalue weighted by molar-refractivity contribution is 6.08. The maximum absolute atomic E-state index is 13.6. The summed E-state index contributed by atoms with van der Waals surface area (Å²) in [5.74, 6) is 1.51. The van der Waals surface area contributed by atoms with Crippen molar-refractivity contribution in [3.8, 4) is 33.6 Å². The van der Waals surface area contributed by atoms with Gasteiger partial charge in [0.2, 0.25) is 5.91 Å². The molecule has 11 nitrogen and oxygen atoms in total. The zero-order chi connectivity index (χ0) is 36.8. The largest absolute Gasteiger partial charge is 0.453 e. The van der Waals surface area contributed by atoms with E-state index in [9.17, 15) is 9.59 Å². The van der Waals surface area contributed by atoms with E-state index in [4.69, 9.17) is 19.7 Å². The SMILES string of the molecule is COC(=O)N[C@H](C(=O)N1CCC[C@H]1c1ncc(-c2ccc(-c3ccc(-c4ccc5nc([C@@H]6CCCN6)[nH]c5c4)c4c(C)ccc(C)c34)nc2)[nH]1)C(C)C. The molecule has 0 aliphatic carbocycles. The van der Waals surface area contributed by atoms with Crippen molar-refractivity contribution in [1.29, 1.82) is 0 Å². The summed E-state index contributed by atoms with van der Waals surface area (Å²) in [7, 11) is 1.30. The summed E-state index contributed by atoms with van der Waals surface area (Å²) in [6.07, 6.45) is 7.00. The summed E-state index contributed by atoms with van der Waals surface area (Å²) < 4.78 is 4.78. The van der Waals surface area contributed by atoms with Crippen LogP contribution in [0, 0.1) is 19.8 Å². The number of benzene rings is 3. The predicted octanol–water partition coefficient (Wildman–Crippen LogP) is 7.92. The van der Waals surface area contributed by atoms with E-state index in [0.717, 1.165) is 76.6 Å². The lowest BCUT2D eigenvalue weighted by molar-refractivity contribution is -0.135. The Morgan fingerprint density at radius 2 is 1.64 bits per heavy atom. The number of amides is 2. The summed E-state index contributed by atoms with van der Waals surface area (Å²) in [4.78, 5) is 49.1. The Kier molecular flexibility index (Phi) is 9.20. The number of aromatic nitrogens is 5. The summed E-state index contributed by atoms with van der Waals surface area (Å²) in [5.41, 5.74) is 10.5. The van der Waals surface area contributed by atoms with Crippen LogP contribution in [0.3, 0.4) is 0 Å². The second-order valence-corrected chi connectivity index (χ2v) is 14.8. The fraction of sp³-hybridized carbons (Fsp3) is 0.357. The molecule has 3 aromatic carbocycles. The molecule has 2 saturated heterocycles. The Morgan fingerprint density at radius 3 is 2.36 bits per heavy atom. The molecule has 272 valence electrons. The molecule has 2 aliphatic heterocycles. The highest BCUT2D eigenvalue weighted by atomic mass is 16.5. The molecular weight excluding hydrogens is 665 g/mol. The molecule has 5 heterocycles. The molecule has 53 heavy (non-hydrogen) atoms. The van der Waals surface area contributed by atoms with Gasteiger partial charge in [-0.3, -0.25) is 9.78 Å². The number of H-pyrrole nitrogens is 2. The molecule has 2 fully saturated rings. The first kappa shape index (κ1) is 34.5. The number of likely N-dealkylation sites (tertiary alicyclic amines) is 1. The van der Waals surface area contributed by atoms with Gasteiger partial charge in [0.25, 0.3) is 0 Å². The molecule has 0 unspecified atom stereocenters. The van der Waals surface area contributed by atoms with Crippen molar-refractivity contribution in [3.63, 3.8) is 0 Å². The first-order valence-electron chi connectivity index (χ1n) is 18.6. The maximum Gasteiger partial charge on any atom is 0.407 e. The quantitative estimate of drug-likeness (QED) is 0.126. The zero-order valence-electron chi connectivity index (χ0n) is 30.9. The number of imidazole rings is 2. The van der Waals surface area contributed by atoms with E-state index in [-0.39, 0.29) is 17.9 Å². The lowest BCUT2D eigenvalue weighted by Gasteiger charge is -2.30. The summed E-state index contributed by atoms with van der Waals surface area (Å²) in [6, 6.07) is 18.9. The number of aryl methyl sites for hydroxylation is 2. The summed E-state index contributed by atoms with van der Waals surface area (Å²) >= 11 is 0. The van der Waals surface area contributed by atoms with Gasteiger partial charge >= 0.3 is 6.09 Å². The predicted molar refractivity (Wildman–Crippen MR) is 207 cm³/mol. The van der Waals surface area contributed by atoms with E-state index in [1.165, 1.54) is 41.0 Å². The fourth-order valence-corrected chi connectivity index (χ4v) is 8.13. The average Bonchev–Trinajstić information content (AvgIpc) is 4.01. The topological polar surface area (TPSA) is 141 Å². The Morgan fingerprint density at radius 1 is 0.868 bits per heavy atom. The minimum absolute atomic E-state index is 0.0977. The molecule has 2 aliphatic rings. The lowest BCUT2D eigenvalue weighted by atomic mass is 9.88.